The van der Waals surface area contributed by atoms with E-state index in [2.05, 4.69) is 21.6 Å². The maximum atomic E-state index is 12.9. The van der Waals surface area contributed by atoms with Crippen LogP contribution in [-0.4, -0.2) is 40.5 Å². The van der Waals surface area contributed by atoms with Crippen LogP contribution in [0, 0.1) is 5.41 Å². The first kappa shape index (κ1) is 18.6. The van der Waals surface area contributed by atoms with Crippen molar-refractivity contribution in [1.82, 2.24) is 9.88 Å². The Morgan fingerprint density at radius 2 is 1.92 bits per heavy atom. The van der Waals surface area contributed by atoms with Gasteiger partial charge in [0.1, 0.15) is 5.69 Å². The van der Waals surface area contributed by atoms with Gasteiger partial charge in [-0.05, 0) is 62.6 Å². The first-order chi connectivity index (χ1) is 12.4. The summed E-state index contributed by atoms with van der Waals surface area (Å²) >= 11 is 2.07. The van der Waals surface area contributed by atoms with Gasteiger partial charge in [-0.3, -0.25) is 4.90 Å². The third-order valence-electron chi connectivity index (χ3n) is 6.57. The molecule has 1 aromatic heterocycles. The first-order valence-electron chi connectivity index (χ1n) is 9.79. The zero-order valence-corrected chi connectivity index (χ0v) is 16.1. The molecule has 0 aromatic carbocycles. The highest BCUT2D eigenvalue weighted by molar-refractivity contribution is 8.00. The molecule has 6 heteroatoms. The molecular formula is C20H27F3N2S. The van der Waals surface area contributed by atoms with E-state index in [-0.39, 0.29) is 0 Å². The molecule has 0 radical (unpaired) electrons. The van der Waals surface area contributed by atoms with Crippen molar-refractivity contribution in [2.45, 2.75) is 63.6 Å². The molecule has 0 atom stereocenters. The van der Waals surface area contributed by atoms with Gasteiger partial charge >= 0.3 is 6.18 Å². The SMILES string of the molecule is CCc1nc(C(F)(F)F)ccc1C1CCC(N2CCC3(CSC3)C2)CC1. The highest BCUT2D eigenvalue weighted by Gasteiger charge is 2.45. The fourth-order valence-corrected chi connectivity index (χ4v) is 6.24. The van der Waals surface area contributed by atoms with E-state index >= 15 is 0 Å². The number of nitrogens with zero attached hydrogens (tertiary/aromatic N) is 2. The van der Waals surface area contributed by atoms with Crippen molar-refractivity contribution in [3.8, 4) is 0 Å². The van der Waals surface area contributed by atoms with Crippen molar-refractivity contribution in [2.75, 3.05) is 24.6 Å². The molecule has 1 spiro atoms. The van der Waals surface area contributed by atoms with Gasteiger partial charge in [-0.25, -0.2) is 4.98 Å². The third-order valence-corrected chi connectivity index (χ3v) is 8.20. The monoisotopic (exact) mass is 384 g/mol. The number of pyridine rings is 1. The van der Waals surface area contributed by atoms with Gasteiger partial charge in [-0.15, -0.1) is 0 Å². The number of halogens is 3. The van der Waals surface area contributed by atoms with Crippen LogP contribution in [0.2, 0.25) is 0 Å². The lowest BCUT2D eigenvalue weighted by Crippen LogP contribution is -2.42. The van der Waals surface area contributed by atoms with Crippen molar-refractivity contribution in [2.24, 2.45) is 5.41 Å². The van der Waals surface area contributed by atoms with E-state index in [4.69, 9.17) is 0 Å². The molecule has 2 aliphatic heterocycles. The number of hydrogen-bond acceptors (Lipinski definition) is 3. The standard InChI is InChI=1S/C20H27F3N2S/c1-2-17-16(7-8-18(24-17)20(21,22)23)14-3-5-15(6-4-14)25-10-9-19(11-25)12-26-13-19/h7-8,14-15H,2-6,9-13H2,1H3. The second-order valence-corrected chi connectivity index (χ2v) is 9.29. The van der Waals surface area contributed by atoms with Crippen LogP contribution in [0.3, 0.4) is 0 Å². The fourth-order valence-electron chi connectivity index (χ4n) is 4.98. The first-order valence-corrected chi connectivity index (χ1v) is 10.9. The van der Waals surface area contributed by atoms with Crippen LogP contribution >= 0.6 is 11.8 Å². The van der Waals surface area contributed by atoms with E-state index in [9.17, 15) is 13.2 Å². The lowest BCUT2D eigenvalue weighted by Gasteiger charge is -2.40. The maximum absolute atomic E-state index is 12.9. The largest absolute Gasteiger partial charge is 0.433 e. The quantitative estimate of drug-likeness (QED) is 0.719. The molecule has 144 valence electrons. The Labute approximate surface area is 157 Å². The van der Waals surface area contributed by atoms with Crippen molar-refractivity contribution < 1.29 is 13.2 Å². The van der Waals surface area contributed by atoms with Gasteiger partial charge in [-0.2, -0.15) is 24.9 Å². The molecule has 4 rings (SSSR count). The topological polar surface area (TPSA) is 16.1 Å². The number of likely N-dealkylation sites (tertiary alicyclic amines) is 1. The molecule has 3 heterocycles. The minimum atomic E-state index is -4.36. The van der Waals surface area contributed by atoms with E-state index in [1.54, 1.807) is 6.07 Å². The third kappa shape index (κ3) is 3.51. The minimum absolute atomic E-state index is 0.367. The summed E-state index contributed by atoms with van der Waals surface area (Å²) in [6.45, 7) is 4.40. The predicted molar refractivity (Wildman–Crippen MR) is 99.6 cm³/mol. The van der Waals surface area contributed by atoms with Crippen LogP contribution in [-0.2, 0) is 12.6 Å². The second kappa shape index (κ2) is 7.01. The Morgan fingerprint density at radius 1 is 1.19 bits per heavy atom. The lowest BCUT2D eigenvalue weighted by molar-refractivity contribution is -0.141. The zero-order valence-electron chi connectivity index (χ0n) is 15.3. The van der Waals surface area contributed by atoms with Gasteiger partial charge in [-0.1, -0.05) is 13.0 Å². The number of rotatable bonds is 3. The number of aryl methyl sites for hydroxylation is 1. The highest BCUT2D eigenvalue weighted by atomic mass is 32.2. The smallest absolute Gasteiger partial charge is 0.300 e. The summed E-state index contributed by atoms with van der Waals surface area (Å²) in [7, 11) is 0. The Morgan fingerprint density at radius 3 is 2.46 bits per heavy atom. The molecule has 3 aliphatic rings. The Balaban J connectivity index is 1.40. The van der Waals surface area contributed by atoms with E-state index in [0.717, 1.165) is 31.2 Å². The van der Waals surface area contributed by atoms with Crippen LogP contribution in [0.4, 0.5) is 13.2 Å². The fraction of sp³-hybridized carbons (Fsp3) is 0.750. The Hall–Kier alpha value is -0.750. The molecule has 0 unspecified atom stereocenters. The molecule has 0 bridgehead atoms. The normalized spacial score (nSPS) is 29.1. The summed E-state index contributed by atoms with van der Waals surface area (Å²) in [6.07, 6.45) is 2.03. The maximum Gasteiger partial charge on any atom is 0.433 e. The highest BCUT2D eigenvalue weighted by Crippen LogP contribution is 2.47. The van der Waals surface area contributed by atoms with Crippen molar-refractivity contribution in [1.29, 1.82) is 0 Å². The molecule has 3 fully saturated rings. The zero-order chi connectivity index (χ0) is 18.4. The Kier molecular flexibility index (Phi) is 5.01. The van der Waals surface area contributed by atoms with Gasteiger partial charge in [0, 0.05) is 35.2 Å². The van der Waals surface area contributed by atoms with E-state index in [1.165, 1.54) is 37.1 Å². The molecule has 0 amide bonds. The van der Waals surface area contributed by atoms with Gasteiger partial charge in [0.25, 0.3) is 0 Å². The molecule has 2 nitrogen and oxygen atoms in total. The average molecular weight is 385 g/mol. The van der Waals surface area contributed by atoms with Crippen molar-refractivity contribution in [3.05, 3.63) is 29.1 Å². The summed E-state index contributed by atoms with van der Waals surface area (Å²) < 4.78 is 38.8. The minimum Gasteiger partial charge on any atom is -0.300 e. The number of alkyl halides is 3. The van der Waals surface area contributed by atoms with Crippen molar-refractivity contribution >= 4 is 11.8 Å². The number of thioether (sulfide) groups is 1. The summed E-state index contributed by atoms with van der Waals surface area (Å²) in [4.78, 5) is 6.63. The molecule has 2 saturated heterocycles. The number of aromatic nitrogens is 1. The van der Waals surface area contributed by atoms with Gasteiger partial charge in [0.15, 0.2) is 0 Å². The summed E-state index contributed by atoms with van der Waals surface area (Å²) in [5.74, 6) is 3.03. The molecule has 1 aromatic rings. The van der Waals surface area contributed by atoms with Gasteiger partial charge in [0.05, 0.1) is 0 Å². The Bertz CT molecular complexity index is 649. The molecule has 1 aliphatic carbocycles. The van der Waals surface area contributed by atoms with Gasteiger partial charge in [0.2, 0.25) is 0 Å². The summed E-state index contributed by atoms with van der Waals surface area (Å²) in [5, 5.41) is 0. The van der Waals surface area contributed by atoms with E-state index < -0.39 is 11.9 Å². The average Bonchev–Trinajstić information content (AvgIpc) is 3.07. The molecule has 26 heavy (non-hydrogen) atoms. The molecule has 0 N–H and O–H groups in total. The molecular weight excluding hydrogens is 357 g/mol. The lowest BCUT2D eigenvalue weighted by atomic mass is 9.80. The van der Waals surface area contributed by atoms with Crippen LogP contribution in [0.1, 0.15) is 61.9 Å². The van der Waals surface area contributed by atoms with E-state index in [1.807, 2.05) is 6.92 Å². The van der Waals surface area contributed by atoms with Crippen LogP contribution < -0.4 is 0 Å². The van der Waals surface area contributed by atoms with Crippen LogP contribution in [0.5, 0.6) is 0 Å². The van der Waals surface area contributed by atoms with Crippen LogP contribution in [0.15, 0.2) is 12.1 Å². The summed E-state index contributed by atoms with van der Waals surface area (Å²) in [5.41, 5.74) is 1.53. The van der Waals surface area contributed by atoms with E-state index in [0.29, 0.717) is 29.5 Å². The summed E-state index contributed by atoms with van der Waals surface area (Å²) in [6, 6.07) is 3.53. The van der Waals surface area contributed by atoms with Crippen molar-refractivity contribution in [3.63, 3.8) is 0 Å². The second-order valence-electron chi connectivity index (χ2n) is 8.30. The van der Waals surface area contributed by atoms with Crippen LogP contribution in [0.25, 0.3) is 0 Å². The number of hydrogen-bond donors (Lipinski definition) is 0. The predicted octanol–water partition coefficient (Wildman–Crippen LogP) is 5.13. The molecule has 1 saturated carbocycles. The van der Waals surface area contributed by atoms with Gasteiger partial charge < -0.3 is 0 Å².